The highest BCUT2D eigenvalue weighted by Gasteiger charge is 2.30. The smallest absolute Gasteiger partial charge is 0.476 e. The van der Waals surface area contributed by atoms with Gasteiger partial charge < -0.3 is 29.9 Å². The number of piperazine rings is 1. The summed E-state index contributed by atoms with van der Waals surface area (Å²) in [5, 5.41) is 5.10. The van der Waals surface area contributed by atoms with Crippen molar-refractivity contribution >= 4 is 17.5 Å². The van der Waals surface area contributed by atoms with Crippen molar-refractivity contribution in [1.82, 2.24) is 20.2 Å². The predicted molar refractivity (Wildman–Crippen MR) is 107 cm³/mol. The van der Waals surface area contributed by atoms with Crippen LogP contribution in [-0.4, -0.2) is 73.6 Å². The van der Waals surface area contributed by atoms with Gasteiger partial charge in [-0.3, -0.25) is 0 Å². The Balaban J connectivity index is 1.39. The number of ether oxygens (including phenoxy) is 2. The van der Waals surface area contributed by atoms with E-state index in [2.05, 4.69) is 42.2 Å². The lowest BCUT2D eigenvalue weighted by Crippen LogP contribution is -2.44. The molecule has 1 aliphatic heterocycles. The maximum Gasteiger partial charge on any atom is 0.573 e. The van der Waals surface area contributed by atoms with Gasteiger partial charge in [0.15, 0.2) is 0 Å². The molecule has 1 aromatic heterocycles. The number of halogens is 3. The molecule has 1 fully saturated rings. The van der Waals surface area contributed by atoms with Crippen LogP contribution in [0.2, 0.25) is 0 Å². The summed E-state index contributed by atoms with van der Waals surface area (Å²) >= 11 is 0. The number of carbonyl (C=O) groups is 1. The van der Waals surface area contributed by atoms with E-state index in [9.17, 15) is 18.0 Å². The maximum atomic E-state index is 12.2. The largest absolute Gasteiger partial charge is 0.573 e. The van der Waals surface area contributed by atoms with Crippen LogP contribution in [0.15, 0.2) is 36.7 Å². The molecule has 0 spiro atoms. The van der Waals surface area contributed by atoms with Crippen molar-refractivity contribution < 1.29 is 27.4 Å². The summed E-state index contributed by atoms with van der Waals surface area (Å²) in [7, 11) is 2.08. The van der Waals surface area contributed by atoms with Gasteiger partial charge in [-0.1, -0.05) is 0 Å². The first-order valence-electron chi connectivity index (χ1n) is 9.57. The molecular formula is C19H23F3N6O3. The van der Waals surface area contributed by atoms with Crippen LogP contribution in [0.5, 0.6) is 11.6 Å². The Hall–Kier alpha value is -3.28. The molecule has 2 amide bonds. The van der Waals surface area contributed by atoms with Crippen LogP contribution in [0.1, 0.15) is 0 Å². The number of benzene rings is 1. The van der Waals surface area contributed by atoms with Gasteiger partial charge in [0.25, 0.3) is 0 Å². The number of amides is 2. The molecule has 9 nitrogen and oxygen atoms in total. The lowest BCUT2D eigenvalue weighted by Gasteiger charge is -2.33. The molecule has 0 radical (unpaired) electrons. The van der Waals surface area contributed by atoms with Gasteiger partial charge in [-0.2, -0.15) is 0 Å². The number of nitrogens with one attached hydrogen (secondary N) is 2. The molecule has 3 rings (SSSR count). The SMILES string of the molecule is CN1CCN(c2cc(OCCNC(=O)Nc3ccc(OC(F)(F)F)cc3)ncn2)CC1. The Kier molecular flexibility index (Phi) is 7.34. The summed E-state index contributed by atoms with van der Waals surface area (Å²) in [5.74, 6) is 0.834. The van der Waals surface area contributed by atoms with Gasteiger partial charge in [-0.25, -0.2) is 14.8 Å². The number of hydrogen-bond donors (Lipinski definition) is 2. The third-order valence-corrected chi connectivity index (χ3v) is 4.44. The van der Waals surface area contributed by atoms with E-state index >= 15 is 0 Å². The Morgan fingerprint density at radius 1 is 1.13 bits per heavy atom. The normalized spacial score (nSPS) is 14.8. The lowest BCUT2D eigenvalue weighted by molar-refractivity contribution is -0.274. The van der Waals surface area contributed by atoms with E-state index in [4.69, 9.17) is 4.74 Å². The van der Waals surface area contributed by atoms with Crippen LogP contribution >= 0.6 is 0 Å². The fourth-order valence-electron chi connectivity index (χ4n) is 2.85. The van der Waals surface area contributed by atoms with Gasteiger partial charge >= 0.3 is 12.4 Å². The molecule has 0 aliphatic carbocycles. The lowest BCUT2D eigenvalue weighted by atomic mass is 10.3. The van der Waals surface area contributed by atoms with E-state index in [-0.39, 0.29) is 18.9 Å². The number of urea groups is 1. The van der Waals surface area contributed by atoms with Crippen molar-refractivity contribution in [3.63, 3.8) is 0 Å². The molecule has 1 aromatic carbocycles. The fourth-order valence-corrected chi connectivity index (χ4v) is 2.85. The summed E-state index contributed by atoms with van der Waals surface area (Å²) in [4.78, 5) is 24.7. The van der Waals surface area contributed by atoms with Crippen molar-refractivity contribution in [3.05, 3.63) is 36.7 Å². The highest BCUT2D eigenvalue weighted by Crippen LogP contribution is 2.24. The first kappa shape index (κ1) is 22.4. The summed E-state index contributed by atoms with van der Waals surface area (Å²) in [5.41, 5.74) is 0.320. The van der Waals surface area contributed by atoms with E-state index in [1.807, 2.05) is 0 Å². The second-order valence-corrected chi connectivity index (χ2v) is 6.81. The van der Waals surface area contributed by atoms with Crippen LogP contribution in [0.3, 0.4) is 0 Å². The monoisotopic (exact) mass is 440 g/mol. The third kappa shape index (κ3) is 7.48. The second-order valence-electron chi connectivity index (χ2n) is 6.81. The first-order chi connectivity index (χ1) is 14.8. The summed E-state index contributed by atoms with van der Waals surface area (Å²) in [6, 6.07) is 6.07. The van der Waals surface area contributed by atoms with Crippen LogP contribution in [0, 0.1) is 0 Å². The maximum absolute atomic E-state index is 12.2. The molecule has 1 aliphatic rings. The zero-order valence-electron chi connectivity index (χ0n) is 16.9. The molecule has 168 valence electrons. The fraction of sp³-hybridized carbons (Fsp3) is 0.421. The number of nitrogens with zero attached hydrogens (tertiary/aromatic N) is 4. The molecule has 0 unspecified atom stereocenters. The molecule has 2 aromatic rings. The minimum Gasteiger partial charge on any atom is -0.476 e. The average Bonchev–Trinajstić information content (AvgIpc) is 2.72. The molecule has 0 atom stereocenters. The number of carbonyl (C=O) groups excluding carboxylic acids is 1. The van der Waals surface area contributed by atoms with Crippen molar-refractivity contribution in [2.45, 2.75) is 6.36 Å². The number of rotatable bonds is 7. The van der Waals surface area contributed by atoms with E-state index in [1.165, 1.54) is 18.5 Å². The third-order valence-electron chi connectivity index (χ3n) is 4.44. The highest BCUT2D eigenvalue weighted by atomic mass is 19.4. The van der Waals surface area contributed by atoms with Gasteiger partial charge in [-0.05, 0) is 31.3 Å². The molecule has 31 heavy (non-hydrogen) atoms. The molecule has 1 saturated heterocycles. The summed E-state index contributed by atoms with van der Waals surface area (Å²) in [6.45, 7) is 4.05. The first-order valence-corrected chi connectivity index (χ1v) is 9.57. The predicted octanol–water partition coefficient (Wildman–Crippen LogP) is 2.33. The van der Waals surface area contributed by atoms with E-state index in [0.29, 0.717) is 11.6 Å². The Bertz CT molecular complexity index is 858. The molecule has 12 heteroatoms. The Morgan fingerprint density at radius 2 is 1.84 bits per heavy atom. The Morgan fingerprint density at radius 3 is 2.52 bits per heavy atom. The molecular weight excluding hydrogens is 417 g/mol. The number of likely N-dealkylation sites (N-methyl/N-ethyl adjacent to an activating group) is 1. The van der Waals surface area contributed by atoms with Gasteiger partial charge in [-0.15, -0.1) is 13.2 Å². The van der Waals surface area contributed by atoms with Gasteiger partial charge in [0.05, 0.1) is 6.54 Å². The highest BCUT2D eigenvalue weighted by molar-refractivity contribution is 5.89. The van der Waals surface area contributed by atoms with Crippen molar-refractivity contribution in [1.29, 1.82) is 0 Å². The zero-order valence-corrected chi connectivity index (χ0v) is 16.9. The summed E-state index contributed by atoms with van der Waals surface area (Å²) < 4.78 is 45.8. The molecule has 0 saturated carbocycles. The van der Waals surface area contributed by atoms with Gasteiger partial charge in [0.2, 0.25) is 5.88 Å². The molecule has 2 N–H and O–H groups in total. The number of alkyl halides is 3. The van der Waals surface area contributed by atoms with Crippen molar-refractivity contribution in [3.8, 4) is 11.6 Å². The standard InChI is InChI=1S/C19H23F3N6O3/c1-27-7-9-28(10-8-27)16-12-17(25-13-24-16)30-11-6-23-18(29)26-14-2-4-15(5-3-14)31-19(20,21)22/h2-5,12-13H,6-11H2,1H3,(H2,23,26,29). The quantitative estimate of drug-likeness (QED) is 0.639. The summed E-state index contributed by atoms with van der Waals surface area (Å²) in [6.07, 6.45) is -3.32. The van der Waals surface area contributed by atoms with Crippen LogP contribution in [0.25, 0.3) is 0 Å². The van der Waals surface area contributed by atoms with Gasteiger partial charge in [0, 0.05) is 37.9 Å². The number of aromatic nitrogens is 2. The topological polar surface area (TPSA) is 91.9 Å². The van der Waals surface area contributed by atoms with Crippen LogP contribution in [-0.2, 0) is 0 Å². The number of hydrogen-bond acceptors (Lipinski definition) is 7. The Labute approximate surface area is 177 Å². The van der Waals surface area contributed by atoms with Crippen molar-refractivity contribution in [2.24, 2.45) is 0 Å². The average molecular weight is 440 g/mol. The van der Waals surface area contributed by atoms with Crippen LogP contribution in [0.4, 0.5) is 29.5 Å². The second kappa shape index (κ2) is 10.2. The zero-order chi connectivity index (χ0) is 22.3. The number of anilines is 2. The van der Waals surface area contributed by atoms with Crippen LogP contribution < -0.4 is 25.0 Å². The van der Waals surface area contributed by atoms with Crippen molar-refractivity contribution in [2.75, 3.05) is 56.6 Å². The van der Waals surface area contributed by atoms with Gasteiger partial charge in [0.1, 0.15) is 24.5 Å². The minimum absolute atomic E-state index is 0.185. The molecule has 0 bridgehead atoms. The van der Waals surface area contributed by atoms with E-state index in [0.717, 1.165) is 44.1 Å². The van der Waals surface area contributed by atoms with E-state index < -0.39 is 12.4 Å². The minimum atomic E-state index is -4.76. The van der Waals surface area contributed by atoms with E-state index in [1.54, 1.807) is 6.07 Å². The molecule has 2 heterocycles.